The zero-order chi connectivity index (χ0) is 16.4. The normalized spacial score (nSPS) is 27.2. The van der Waals surface area contributed by atoms with Gasteiger partial charge in [-0.3, -0.25) is 9.69 Å². The van der Waals surface area contributed by atoms with E-state index in [0.29, 0.717) is 17.4 Å². The molecule has 0 bridgehead atoms. The van der Waals surface area contributed by atoms with E-state index in [4.69, 9.17) is 14.2 Å². The standard InChI is InChI=1S/C18H24N2O4/c21-18(17-13-23-15-3-1-2-4-16(15)24-17)20-8-6-19(7-9-20)11-14-5-10-22-12-14/h1-4,14,17H,5-13H2/t14-,17-/m1/s1. The Labute approximate surface area is 142 Å². The Balaban J connectivity index is 1.29. The van der Waals surface area contributed by atoms with Gasteiger partial charge in [-0.25, -0.2) is 0 Å². The largest absolute Gasteiger partial charge is 0.485 e. The van der Waals surface area contributed by atoms with Gasteiger partial charge < -0.3 is 19.1 Å². The lowest BCUT2D eigenvalue weighted by Crippen LogP contribution is -2.54. The van der Waals surface area contributed by atoms with Gasteiger partial charge in [-0.15, -0.1) is 0 Å². The van der Waals surface area contributed by atoms with Gasteiger partial charge in [0.25, 0.3) is 5.91 Å². The van der Waals surface area contributed by atoms with Crippen LogP contribution in [0.1, 0.15) is 6.42 Å². The number of nitrogens with zero attached hydrogens (tertiary/aromatic N) is 2. The number of para-hydroxylation sites is 2. The summed E-state index contributed by atoms with van der Waals surface area (Å²) in [4.78, 5) is 17.0. The van der Waals surface area contributed by atoms with E-state index in [-0.39, 0.29) is 12.5 Å². The van der Waals surface area contributed by atoms with Crippen LogP contribution in [0.2, 0.25) is 0 Å². The number of fused-ring (bicyclic) bond motifs is 1. The minimum Gasteiger partial charge on any atom is -0.485 e. The molecule has 4 rings (SSSR count). The molecule has 2 saturated heterocycles. The Bertz CT molecular complexity index is 580. The summed E-state index contributed by atoms with van der Waals surface area (Å²) in [5, 5.41) is 0. The summed E-state index contributed by atoms with van der Waals surface area (Å²) < 4.78 is 16.9. The third-order valence-electron chi connectivity index (χ3n) is 5.01. The predicted octanol–water partition coefficient (Wildman–Crippen LogP) is 1.01. The number of piperazine rings is 1. The zero-order valence-electron chi connectivity index (χ0n) is 13.9. The minimum absolute atomic E-state index is 0.0355. The molecule has 1 amide bonds. The molecule has 1 aromatic rings. The van der Waals surface area contributed by atoms with Crippen molar-refractivity contribution in [1.29, 1.82) is 0 Å². The molecule has 1 aromatic carbocycles. The second-order valence-electron chi connectivity index (χ2n) is 6.72. The number of carbonyl (C=O) groups is 1. The zero-order valence-corrected chi connectivity index (χ0v) is 13.9. The van der Waals surface area contributed by atoms with Gasteiger partial charge in [0.2, 0.25) is 6.10 Å². The molecule has 2 atom stereocenters. The Morgan fingerprint density at radius 2 is 1.88 bits per heavy atom. The van der Waals surface area contributed by atoms with Crippen LogP contribution in [0.25, 0.3) is 0 Å². The lowest BCUT2D eigenvalue weighted by Gasteiger charge is -2.37. The quantitative estimate of drug-likeness (QED) is 0.827. The molecule has 0 aliphatic carbocycles. The van der Waals surface area contributed by atoms with Crippen molar-refractivity contribution in [3.8, 4) is 11.5 Å². The fourth-order valence-corrected chi connectivity index (χ4v) is 3.59. The van der Waals surface area contributed by atoms with Gasteiger partial charge in [0.15, 0.2) is 11.5 Å². The molecular formula is C18H24N2O4. The molecule has 6 nitrogen and oxygen atoms in total. The fourth-order valence-electron chi connectivity index (χ4n) is 3.59. The topological polar surface area (TPSA) is 51.2 Å². The number of rotatable bonds is 3. The number of hydrogen-bond acceptors (Lipinski definition) is 5. The molecule has 0 saturated carbocycles. The molecule has 130 valence electrons. The highest BCUT2D eigenvalue weighted by molar-refractivity contribution is 5.82. The van der Waals surface area contributed by atoms with Crippen molar-refractivity contribution in [2.45, 2.75) is 12.5 Å². The predicted molar refractivity (Wildman–Crippen MR) is 88.3 cm³/mol. The summed E-state index contributed by atoms with van der Waals surface area (Å²) in [6.45, 7) is 6.50. The van der Waals surface area contributed by atoms with Gasteiger partial charge in [-0.2, -0.15) is 0 Å². The van der Waals surface area contributed by atoms with Gasteiger partial charge in [0.05, 0.1) is 6.61 Å². The fraction of sp³-hybridized carbons (Fsp3) is 0.611. The smallest absolute Gasteiger partial charge is 0.267 e. The first kappa shape index (κ1) is 15.7. The maximum Gasteiger partial charge on any atom is 0.267 e. The van der Waals surface area contributed by atoms with Crippen molar-refractivity contribution in [2.75, 3.05) is 52.5 Å². The average Bonchev–Trinajstić information content (AvgIpc) is 3.14. The number of amides is 1. The Morgan fingerprint density at radius 3 is 2.62 bits per heavy atom. The van der Waals surface area contributed by atoms with Crippen LogP contribution < -0.4 is 9.47 Å². The Kier molecular flexibility index (Phi) is 4.58. The van der Waals surface area contributed by atoms with Gasteiger partial charge in [-0.1, -0.05) is 12.1 Å². The lowest BCUT2D eigenvalue weighted by molar-refractivity contribution is -0.143. The third-order valence-corrected chi connectivity index (χ3v) is 5.01. The Morgan fingerprint density at radius 1 is 1.08 bits per heavy atom. The van der Waals surface area contributed by atoms with E-state index in [1.165, 1.54) is 0 Å². The first-order chi connectivity index (χ1) is 11.8. The van der Waals surface area contributed by atoms with E-state index in [0.717, 1.165) is 52.4 Å². The van der Waals surface area contributed by atoms with Gasteiger partial charge in [-0.05, 0) is 24.5 Å². The molecule has 0 aromatic heterocycles. The summed E-state index contributed by atoms with van der Waals surface area (Å²) in [5.74, 6) is 2.05. The van der Waals surface area contributed by atoms with Crippen LogP contribution in [-0.4, -0.2) is 74.4 Å². The van der Waals surface area contributed by atoms with Gasteiger partial charge >= 0.3 is 0 Å². The van der Waals surface area contributed by atoms with Crippen molar-refractivity contribution in [2.24, 2.45) is 5.92 Å². The van der Waals surface area contributed by atoms with Crippen LogP contribution in [0.4, 0.5) is 0 Å². The van der Waals surface area contributed by atoms with E-state index in [9.17, 15) is 4.79 Å². The van der Waals surface area contributed by atoms with Crippen molar-refractivity contribution < 1.29 is 19.0 Å². The molecule has 0 radical (unpaired) electrons. The highest BCUT2D eigenvalue weighted by atomic mass is 16.6. The first-order valence-electron chi connectivity index (χ1n) is 8.77. The van der Waals surface area contributed by atoms with Crippen molar-refractivity contribution in [1.82, 2.24) is 9.80 Å². The maximum absolute atomic E-state index is 12.7. The van der Waals surface area contributed by atoms with Crippen LogP contribution in [-0.2, 0) is 9.53 Å². The maximum atomic E-state index is 12.7. The summed E-state index contributed by atoms with van der Waals surface area (Å²) in [6, 6.07) is 7.50. The van der Waals surface area contributed by atoms with Crippen LogP contribution >= 0.6 is 0 Å². The average molecular weight is 332 g/mol. The molecule has 0 N–H and O–H groups in total. The van der Waals surface area contributed by atoms with E-state index in [1.807, 2.05) is 29.2 Å². The molecular weight excluding hydrogens is 308 g/mol. The Hall–Kier alpha value is -1.79. The van der Waals surface area contributed by atoms with Crippen LogP contribution in [0.5, 0.6) is 11.5 Å². The third kappa shape index (κ3) is 3.35. The second-order valence-corrected chi connectivity index (χ2v) is 6.72. The molecule has 0 unspecified atom stereocenters. The molecule has 3 heterocycles. The minimum atomic E-state index is -0.533. The lowest BCUT2D eigenvalue weighted by atomic mass is 10.1. The van der Waals surface area contributed by atoms with Crippen molar-refractivity contribution in [3.05, 3.63) is 24.3 Å². The number of benzene rings is 1. The highest BCUT2D eigenvalue weighted by Gasteiger charge is 2.33. The van der Waals surface area contributed by atoms with Crippen LogP contribution in [0.15, 0.2) is 24.3 Å². The van der Waals surface area contributed by atoms with Crippen molar-refractivity contribution >= 4 is 5.91 Å². The van der Waals surface area contributed by atoms with E-state index in [2.05, 4.69) is 4.90 Å². The van der Waals surface area contributed by atoms with Crippen LogP contribution in [0, 0.1) is 5.92 Å². The van der Waals surface area contributed by atoms with Gasteiger partial charge in [0, 0.05) is 39.3 Å². The summed E-state index contributed by atoms with van der Waals surface area (Å²) in [6.07, 6.45) is 0.626. The number of carbonyl (C=O) groups excluding carboxylic acids is 1. The van der Waals surface area contributed by atoms with E-state index in [1.54, 1.807) is 0 Å². The SMILES string of the molecule is O=C([C@H]1COc2ccccc2O1)N1CCN(C[C@H]2CCOC2)CC1. The summed E-state index contributed by atoms with van der Waals surface area (Å²) in [7, 11) is 0. The highest BCUT2D eigenvalue weighted by Crippen LogP contribution is 2.31. The number of hydrogen-bond donors (Lipinski definition) is 0. The van der Waals surface area contributed by atoms with Gasteiger partial charge in [0.1, 0.15) is 6.61 Å². The monoisotopic (exact) mass is 332 g/mol. The molecule has 6 heteroatoms. The molecule has 0 spiro atoms. The molecule has 24 heavy (non-hydrogen) atoms. The molecule has 2 fully saturated rings. The van der Waals surface area contributed by atoms with Crippen molar-refractivity contribution in [3.63, 3.8) is 0 Å². The second kappa shape index (κ2) is 6.99. The molecule has 3 aliphatic heterocycles. The molecule has 3 aliphatic rings. The van der Waals surface area contributed by atoms with E-state index < -0.39 is 6.10 Å². The van der Waals surface area contributed by atoms with Crippen LogP contribution in [0.3, 0.4) is 0 Å². The number of ether oxygens (including phenoxy) is 3. The summed E-state index contributed by atoms with van der Waals surface area (Å²) >= 11 is 0. The first-order valence-corrected chi connectivity index (χ1v) is 8.77. The summed E-state index contributed by atoms with van der Waals surface area (Å²) in [5.41, 5.74) is 0. The van der Waals surface area contributed by atoms with E-state index >= 15 is 0 Å².